The first-order chi connectivity index (χ1) is 13.7. The van der Waals surface area contributed by atoms with Crippen molar-refractivity contribution in [3.8, 4) is 0 Å². The summed E-state index contributed by atoms with van der Waals surface area (Å²) in [7, 11) is 0. The van der Waals surface area contributed by atoms with Gasteiger partial charge in [0.2, 0.25) is 0 Å². The molecule has 1 aliphatic rings. The maximum atomic E-state index is 13.2. The van der Waals surface area contributed by atoms with Gasteiger partial charge < -0.3 is 15.7 Å². The number of nitrogens with zero attached hydrogens (tertiary/aromatic N) is 2. The fraction of sp³-hybridized carbons (Fsp3) is 0.409. The largest absolute Gasteiger partial charge is 0.481 e. The molecule has 0 radical (unpaired) electrons. The van der Waals surface area contributed by atoms with Gasteiger partial charge in [-0.1, -0.05) is 23.7 Å². The fourth-order valence-corrected chi connectivity index (χ4v) is 4.25. The minimum atomic E-state index is -0.930. The van der Waals surface area contributed by atoms with Crippen LogP contribution in [0.4, 0.5) is 0 Å². The average molecular weight is 416 g/mol. The number of carboxylic acid groups (broad SMARTS) is 1. The summed E-state index contributed by atoms with van der Waals surface area (Å²) in [6.45, 7) is 2.16. The number of carbonyl (C=O) groups is 2. The minimum absolute atomic E-state index is 0.107. The van der Waals surface area contributed by atoms with Crippen LogP contribution in [0.3, 0.4) is 0 Å². The van der Waals surface area contributed by atoms with Gasteiger partial charge in [0, 0.05) is 35.0 Å². The number of aliphatic carboxylic acids is 1. The SMILES string of the molecule is CC1(N(CCC(=O)O)C(=O)c2cccnc2)CCC(N)(c2cccc(Cl)c2)CC1. The number of amides is 1. The Balaban J connectivity index is 1.83. The van der Waals surface area contributed by atoms with Gasteiger partial charge in [-0.05, 0) is 62.4 Å². The van der Waals surface area contributed by atoms with E-state index < -0.39 is 17.0 Å². The lowest BCUT2D eigenvalue weighted by Gasteiger charge is -2.49. The molecule has 154 valence electrons. The van der Waals surface area contributed by atoms with E-state index in [0.29, 0.717) is 36.3 Å². The molecule has 1 aliphatic carbocycles. The number of halogens is 1. The number of hydrogen-bond donors (Lipinski definition) is 2. The smallest absolute Gasteiger partial charge is 0.305 e. The molecule has 6 nitrogen and oxygen atoms in total. The van der Waals surface area contributed by atoms with E-state index in [4.69, 9.17) is 17.3 Å². The number of rotatable bonds is 6. The van der Waals surface area contributed by atoms with Crippen molar-refractivity contribution in [1.29, 1.82) is 0 Å². The van der Waals surface area contributed by atoms with Crippen LogP contribution in [0.1, 0.15) is 54.9 Å². The second-order valence-electron chi connectivity index (χ2n) is 8.01. The van der Waals surface area contributed by atoms with E-state index in [9.17, 15) is 14.7 Å². The molecule has 0 unspecified atom stereocenters. The maximum absolute atomic E-state index is 13.2. The van der Waals surface area contributed by atoms with Crippen LogP contribution >= 0.6 is 11.6 Å². The zero-order valence-corrected chi connectivity index (χ0v) is 17.2. The second-order valence-corrected chi connectivity index (χ2v) is 8.44. The zero-order chi connectivity index (χ0) is 21.1. The first-order valence-electron chi connectivity index (χ1n) is 9.72. The first kappa shape index (κ1) is 21.3. The van der Waals surface area contributed by atoms with Gasteiger partial charge in [0.1, 0.15) is 0 Å². The second kappa shape index (κ2) is 8.51. The highest BCUT2D eigenvalue weighted by Crippen LogP contribution is 2.43. The predicted octanol–water partition coefficient (Wildman–Crippen LogP) is 3.84. The van der Waals surface area contributed by atoms with Crippen LogP contribution in [0.25, 0.3) is 0 Å². The Morgan fingerprint density at radius 2 is 1.93 bits per heavy atom. The molecule has 7 heteroatoms. The summed E-state index contributed by atoms with van der Waals surface area (Å²) in [6, 6.07) is 11.0. The molecule has 0 aliphatic heterocycles. The van der Waals surface area contributed by atoms with Crippen LogP contribution < -0.4 is 5.73 Å². The van der Waals surface area contributed by atoms with Crippen LogP contribution in [0.5, 0.6) is 0 Å². The summed E-state index contributed by atoms with van der Waals surface area (Å²) < 4.78 is 0. The van der Waals surface area contributed by atoms with Crippen molar-refractivity contribution in [3.63, 3.8) is 0 Å². The normalized spacial score (nSPS) is 24.1. The summed E-state index contributed by atoms with van der Waals surface area (Å²) in [5.41, 5.74) is 7.16. The molecule has 1 saturated carbocycles. The molecule has 3 N–H and O–H groups in total. The van der Waals surface area contributed by atoms with Gasteiger partial charge in [-0.25, -0.2) is 0 Å². The van der Waals surface area contributed by atoms with Gasteiger partial charge in [-0.2, -0.15) is 0 Å². The van der Waals surface area contributed by atoms with E-state index in [2.05, 4.69) is 4.98 Å². The van der Waals surface area contributed by atoms with Gasteiger partial charge in [0.05, 0.1) is 12.0 Å². The van der Waals surface area contributed by atoms with Crippen molar-refractivity contribution >= 4 is 23.5 Å². The summed E-state index contributed by atoms with van der Waals surface area (Å²) in [4.78, 5) is 30.1. The molecule has 0 bridgehead atoms. The Morgan fingerprint density at radius 1 is 1.21 bits per heavy atom. The highest BCUT2D eigenvalue weighted by molar-refractivity contribution is 6.30. The van der Waals surface area contributed by atoms with Crippen LogP contribution in [0.15, 0.2) is 48.8 Å². The number of benzene rings is 1. The van der Waals surface area contributed by atoms with Gasteiger partial charge in [0.15, 0.2) is 0 Å². The Hall–Kier alpha value is -2.44. The highest BCUT2D eigenvalue weighted by Gasteiger charge is 2.44. The van der Waals surface area contributed by atoms with Crippen LogP contribution in [-0.4, -0.2) is 39.0 Å². The lowest BCUT2D eigenvalue weighted by Crippen LogP contribution is -2.56. The third-order valence-corrected chi connectivity index (χ3v) is 6.21. The Kier molecular flexibility index (Phi) is 6.24. The molecule has 0 atom stereocenters. The summed E-state index contributed by atoms with van der Waals surface area (Å²) >= 11 is 6.14. The lowest BCUT2D eigenvalue weighted by atomic mass is 9.69. The monoisotopic (exact) mass is 415 g/mol. The molecule has 3 rings (SSSR count). The van der Waals surface area contributed by atoms with Crippen LogP contribution in [0, 0.1) is 0 Å². The lowest BCUT2D eigenvalue weighted by molar-refractivity contribution is -0.137. The van der Waals surface area contributed by atoms with Crippen LogP contribution in [-0.2, 0) is 10.3 Å². The first-order valence-corrected chi connectivity index (χ1v) is 10.1. The van der Waals surface area contributed by atoms with E-state index in [1.165, 1.54) is 6.20 Å². The molecule has 1 aromatic carbocycles. The van der Waals surface area contributed by atoms with E-state index in [1.54, 1.807) is 23.2 Å². The van der Waals surface area contributed by atoms with Crippen molar-refractivity contribution < 1.29 is 14.7 Å². The highest BCUT2D eigenvalue weighted by atomic mass is 35.5. The third-order valence-electron chi connectivity index (χ3n) is 5.97. The van der Waals surface area contributed by atoms with Crippen molar-refractivity contribution in [3.05, 3.63) is 64.9 Å². The van der Waals surface area contributed by atoms with E-state index >= 15 is 0 Å². The van der Waals surface area contributed by atoms with Gasteiger partial charge in [-0.3, -0.25) is 14.6 Å². The maximum Gasteiger partial charge on any atom is 0.305 e. The van der Waals surface area contributed by atoms with Crippen molar-refractivity contribution in [1.82, 2.24) is 9.88 Å². The van der Waals surface area contributed by atoms with Crippen molar-refractivity contribution in [2.24, 2.45) is 5.73 Å². The number of hydrogen-bond acceptors (Lipinski definition) is 4. The summed E-state index contributed by atoms with van der Waals surface area (Å²) in [6.07, 6.45) is 5.70. The molecule has 29 heavy (non-hydrogen) atoms. The average Bonchev–Trinajstić information content (AvgIpc) is 2.71. The third kappa shape index (κ3) is 4.77. The molecule has 2 aromatic rings. The standard InChI is InChI=1S/C22H26ClN3O3/c1-21(8-10-22(24,11-9-21)17-5-2-6-18(23)14-17)26(13-7-19(27)28)20(29)16-4-3-12-25-15-16/h2-6,12,14-15H,7-11,13,24H2,1H3,(H,27,28). The van der Waals surface area contributed by atoms with E-state index in [0.717, 1.165) is 5.56 Å². The molecule has 0 spiro atoms. The molecule has 0 saturated heterocycles. The number of nitrogens with two attached hydrogens (primary N) is 1. The van der Waals surface area contributed by atoms with Gasteiger partial charge >= 0.3 is 5.97 Å². The Labute approximate surface area is 175 Å². The fourth-order valence-electron chi connectivity index (χ4n) is 4.06. The number of pyridine rings is 1. The van der Waals surface area contributed by atoms with Crippen molar-refractivity contribution in [2.75, 3.05) is 6.54 Å². The van der Waals surface area contributed by atoms with Gasteiger partial charge in [-0.15, -0.1) is 0 Å². The van der Waals surface area contributed by atoms with Crippen molar-refractivity contribution in [2.45, 2.75) is 50.1 Å². The topological polar surface area (TPSA) is 96.5 Å². The summed E-state index contributed by atoms with van der Waals surface area (Å²) in [5, 5.41) is 9.82. The molecule has 1 amide bonds. The van der Waals surface area contributed by atoms with E-state index in [-0.39, 0.29) is 18.9 Å². The molecular weight excluding hydrogens is 390 g/mol. The molecule has 1 aromatic heterocycles. The summed E-state index contributed by atoms with van der Waals surface area (Å²) in [5.74, 6) is -1.13. The number of aromatic nitrogens is 1. The molecular formula is C22H26ClN3O3. The predicted molar refractivity (Wildman–Crippen MR) is 112 cm³/mol. The van der Waals surface area contributed by atoms with Gasteiger partial charge in [0.25, 0.3) is 5.91 Å². The van der Waals surface area contributed by atoms with E-state index in [1.807, 2.05) is 31.2 Å². The Bertz CT molecular complexity index is 880. The molecule has 1 fully saturated rings. The minimum Gasteiger partial charge on any atom is -0.481 e. The zero-order valence-electron chi connectivity index (χ0n) is 16.5. The quantitative estimate of drug-likeness (QED) is 0.747. The van der Waals surface area contributed by atoms with Crippen LogP contribution in [0.2, 0.25) is 5.02 Å². The number of carboxylic acids is 1. The molecule has 1 heterocycles. The Morgan fingerprint density at radius 3 is 2.52 bits per heavy atom. The number of carbonyl (C=O) groups excluding carboxylic acids is 1.